The number of carbonyl (C=O) groups is 1. The average molecular weight is 317 g/mol. The average Bonchev–Trinajstić information content (AvgIpc) is 3.47. The lowest BCUT2D eigenvalue weighted by molar-refractivity contribution is 0.0600. The van der Waals surface area contributed by atoms with Crippen molar-refractivity contribution in [3.63, 3.8) is 0 Å². The Morgan fingerprint density at radius 2 is 1.88 bits per heavy atom. The van der Waals surface area contributed by atoms with Crippen molar-refractivity contribution in [2.24, 2.45) is 0 Å². The Morgan fingerprint density at radius 3 is 2.58 bits per heavy atom. The second-order valence-electron chi connectivity index (χ2n) is 6.36. The smallest absolute Gasteiger partial charge is 0.337 e. The summed E-state index contributed by atoms with van der Waals surface area (Å²) in [6, 6.07) is 18.2. The van der Waals surface area contributed by atoms with Gasteiger partial charge in [-0.15, -0.1) is 0 Å². The van der Waals surface area contributed by atoms with E-state index in [1.807, 2.05) is 30.3 Å². The van der Waals surface area contributed by atoms with E-state index in [9.17, 15) is 4.79 Å². The molecule has 0 atom stereocenters. The number of hydrogen-bond donors (Lipinski definition) is 0. The third kappa shape index (κ3) is 2.90. The van der Waals surface area contributed by atoms with E-state index in [1.54, 1.807) is 0 Å². The lowest BCUT2D eigenvalue weighted by Crippen LogP contribution is -2.01. The van der Waals surface area contributed by atoms with Crippen molar-refractivity contribution in [2.75, 3.05) is 7.11 Å². The van der Waals surface area contributed by atoms with Crippen molar-refractivity contribution in [2.45, 2.75) is 25.2 Å². The number of esters is 1. The van der Waals surface area contributed by atoms with Gasteiger partial charge in [-0.1, -0.05) is 30.3 Å². The molecule has 1 aliphatic rings. The highest BCUT2D eigenvalue weighted by Crippen LogP contribution is 2.40. The van der Waals surface area contributed by atoms with E-state index in [0.717, 1.165) is 11.9 Å². The summed E-state index contributed by atoms with van der Waals surface area (Å²) in [4.78, 5) is 16.4. The lowest BCUT2D eigenvalue weighted by atomic mass is 9.98. The Labute approximate surface area is 141 Å². The van der Waals surface area contributed by atoms with Gasteiger partial charge < -0.3 is 4.74 Å². The second-order valence-corrected chi connectivity index (χ2v) is 6.36. The minimum atomic E-state index is -0.299. The van der Waals surface area contributed by atoms with Crippen molar-refractivity contribution in [3.8, 4) is 0 Å². The summed E-state index contributed by atoms with van der Waals surface area (Å²) in [5.74, 6) is 0.335. The molecule has 0 saturated heterocycles. The topological polar surface area (TPSA) is 39.2 Å². The van der Waals surface area contributed by atoms with E-state index in [0.29, 0.717) is 11.5 Å². The van der Waals surface area contributed by atoms with Gasteiger partial charge in [0.05, 0.1) is 18.2 Å². The van der Waals surface area contributed by atoms with Gasteiger partial charge in [0.25, 0.3) is 0 Å². The van der Waals surface area contributed by atoms with E-state index in [4.69, 9.17) is 9.72 Å². The molecule has 1 aromatic heterocycles. The number of ether oxygens (including phenoxy) is 1. The molecule has 1 aliphatic carbocycles. The standard InChI is InChI=1S/C21H19NO2/c1-24-21(23)16-8-6-14(7-9-16)12-17-13-20(15-10-11-15)22-19-5-3-2-4-18(17)19/h2-9,13,15H,10-12H2,1H3. The van der Waals surface area contributed by atoms with Crippen LogP contribution in [0, 0.1) is 0 Å². The highest BCUT2D eigenvalue weighted by Gasteiger charge is 2.25. The Morgan fingerprint density at radius 1 is 1.12 bits per heavy atom. The third-order valence-corrected chi connectivity index (χ3v) is 4.59. The van der Waals surface area contributed by atoms with Crippen molar-refractivity contribution in [1.82, 2.24) is 4.98 Å². The summed E-state index contributed by atoms with van der Waals surface area (Å²) in [5.41, 5.74) is 5.35. The Bertz CT molecular complexity index is 895. The number of nitrogens with zero attached hydrogens (tertiary/aromatic N) is 1. The molecule has 1 fully saturated rings. The number of rotatable bonds is 4. The minimum Gasteiger partial charge on any atom is -0.465 e. The van der Waals surface area contributed by atoms with Crippen LogP contribution >= 0.6 is 0 Å². The molecular weight excluding hydrogens is 298 g/mol. The SMILES string of the molecule is COC(=O)c1ccc(Cc2cc(C3CC3)nc3ccccc23)cc1. The van der Waals surface area contributed by atoms with Crippen LogP contribution in [0.5, 0.6) is 0 Å². The summed E-state index contributed by atoms with van der Waals surface area (Å²) in [6.07, 6.45) is 3.33. The molecule has 4 rings (SSSR count). The third-order valence-electron chi connectivity index (χ3n) is 4.59. The van der Waals surface area contributed by atoms with E-state index in [2.05, 4.69) is 24.3 Å². The molecule has 24 heavy (non-hydrogen) atoms. The molecular formula is C21H19NO2. The number of benzene rings is 2. The summed E-state index contributed by atoms with van der Waals surface area (Å²) in [7, 11) is 1.40. The maximum Gasteiger partial charge on any atom is 0.337 e. The lowest BCUT2D eigenvalue weighted by Gasteiger charge is -2.10. The van der Waals surface area contributed by atoms with Crippen LogP contribution in [-0.2, 0) is 11.2 Å². The number of pyridine rings is 1. The molecule has 1 heterocycles. The van der Waals surface area contributed by atoms with Crippen LogP contribution in [0.1, 0.15) is 45.9 Å². The summed E-state index contributed by atoms with van der Waals surface area (Å²) < 4.78 is 4.75. The molecule has 3 heteroatoms. The van der Waals surface area contributed by atoms with Gasteiger partial charge in [0, 0.05) is 17.0 Å². The largest absolute Gasteiger partial charge is 0.465 e. The first-order chi connectivity index (χ1) is 11.7. The second kappa shape index (κ2) is 6.08. The van der Waals surface area contributed by atoms with Crippen LogP contribution in [0.4, 0.5) is 0 Å². The highest BCUT2D eigenvalue weighted by atomic mass is 16.5. The normalized spacial score (nSPS) is 13.9. The zero-order valence-electron chi connectivity index (χ0n) is 13.7. The molecule has 0 unspecified atom stereocenters. The summed E-state index contributed by atoms with van der Waals surface area (Å²) >= 11 is 0. The van der Waals surface area contributed by atoms with Crippen LogP contribution in [0.15, 0.2) is 54.6 Å². The number of carbonyl (C=O) groups excluding carboxylic acids is 1. The van der Waals surface area contributed by atoms with Gasteiger partial charge in [-0.05, 0) is 54.7 Å². The minimum absolute atomic E-state index is 0.299. The van der Waals surface area contributed by atoms with E-state index < -0.39 is 0 Å². The molecule has 0 N–H and O–H groups in total. The van der Waals surface area contributed by atoms with Gasteiger partial charge in [0.1, 0.15) is 0 Å². The Kier molecular flexibility index (Phi) is 3.77. The van der Waals surface area contributed by atoms with Gasteiger partial charge in [-0.25, -0.2) is 4.79 Å². The zero-order chi connectivity index (χ0) is 16.5. The first-order valence-electron chi connectivity index (χ1n) is 8.30. The number of fused-ring (bicyclic) bond motifs is 1. The maximum absolute atomic E-state index is 11.6. The van der Waals surface area contributed by atoms with Gasteiger partial charge >= 0.3 is 5.97 Å². The Balaban J connectivity index is 1.69. The molecule has 120 valence electrons. The fourth-order valence-corrected chi connectivity index (χ4v) is 3.10. The van der Waals surface area contributed by atoms with E-state index >= 15 is 0 Å². The highest BCUT2D eigenvalue weighted by molar-refractivity contribution is 5.89. The van der Waals surface area contributed by atoms with Crippen molar-refractivity contribution in [3.05, 3.63) is 77.0 Å². The van der Waals surface area contributed by atoms with Gasteiger partial charge in [0.15, 0.2) is 0 Å². The van der Waals surface area contributed by atoms with Gasteiger partial charge in [0.2, 0.25) is 0 Å². The van der Waals surface area contributed by atoms with Crippen molar-refractivity contribution in [1.29, 1.82) is 0 Å². The molecule has 0 spiro atoms. The van der Waals surface area contributed by atoms with Crippen LogP contribution in [-0.4, -0.2) is 18.1 Å². The molecule has 0 amide bonds. The van der Waals surface area contributed by atoms with E-state index in [1.165, 1.54) is 42.2 Å². The van der Waals surface area contributed by atoms with Crippen molar-refractivity contribution < 1.29 is 9.53 Å². The molecule has 2 aromatic carbocycles. The predicted molar refractivity (Wildman–Crippen MR) is 94.3 cm³/mol. The zero-order valence-corrected chi connectivity index (χ0v) is 13.7. The maximum atomic E-state index is 11.6. The summed E-state index contributed by atoms with van der Waals surface area (Å²) in [5, 5.41) is 1.21. The van der Waals surface area contributed by atoms with Gasteiger partial charge in [-0.3, -0.25) is 4.98 Å². The summed E-state index contributed by atoms with van der Waals surface area (Å²) in [6.45, 7) is 0. The molecule has 3 aromatic rings. The predicted octanol–water partition coefficient (Wildman–Crippen LogP) is 4.49. The molecule has 0 aliphatic heterocycles. The van der Waals surface area contributed by atoms with Crippen LogP contribution in [0.25, 0.3) is 10.9 Å². The fourth-order valence-electron chi connectivity index (χ4n) is 3.10. The Hall–Kier alpha value is -2.68. The molecule has 3 nitrogen and oxygen atoms in total. The fraction of sp³-hybridized carbons (Fsp3) is 0.238. The van der Waals surface area contributed by atoms with Crippen LogP contribution in [0.2, 0.25) is 0 Å². The number of aromatic nitrogens is 1. The monoisotopic (exact) mass is 317 g/mol. The molecule has 0 radical (unpaired) electrons. The quantitative estimate of drug-likeness (QED) is 0.666. The number of methoxy groups -OCH3 is 1. The van der Waals surface area contributed by atoms with Gasteiger partial charge in [-0.2, -0.15) is 0 Å². The van der Waals surface area contributed by atoms with Crippen LogP contribution in [0.3, 0.4) is 0 Å². The van der Waals surface area contributed by atoms with Crippen LogP contribution < -0.4 is 0 Å². The molecule has 1 saturated carbocycles. The first kappa shape index (κ1) is 14.9. The molecule has 0 bridgehead atoms. The first-order valence-corrected chi connectivity index (χ1v) is 8.30. The van der Waals surface area contributed by atoms with Crippen molar-refractivity contribution >= 4 is 16.9 Å². The number of para-hydroxylation sites is 1. The number of hydrogen-bond acceptors (Lipinski definition) is 3. The van der Waals surface area contributed by atoms with E-state index in [-0.39, 0.29) is 5.97 Å².